The van der Waals surface area contributed by atoms with Crippen LogP contribution in [0.3, 0.4) is 0 Å². The lowest BCUT2D eigenvalue weighted by molar-refractivity contribution is 0.711. The first kappa shape index (κ1) is 7.62. The molecule has 0 fully saturated rings. The molecule has 0 spiro atoms. The lowest BCUT2D eigenvalue weighted by Gasteiger charge is -2.03. The van der Waals surface area contributed by atoms with Gasteiger partial charge in [0.05, 0.1) is 0 Å². The van der Waals surface area contributed by atoms with E-state index in [1.807, 2.05) is 25.4 Å². The topological polar surface area (TPSA) is 15.3 Å². The summed E-state index contributed by atoms with van der Waals surface area (Å²) in [5.74, 6) is 0. The maximum Gasteiger partial charge on any atom is 0.00761 e. The Bertz CT molecular complexity index is 39.9. The molecule has 0 aromatic rings. The van der Waals surface area contributed by atoms with Crippen LogP contribution in [0.5, 0.6) is 0 Å². The van der Waals surface area contributed by atoms with Crippen LogP contribution in [0.4, 0.5) is 0 Å². The van der Waals surface area contributed by atoms with Gasteiger partial charge in [0.1, 0.15) is 0 Å². The molecular weight excluding hydrogens is 128 g/mol. The molecule has 0 aromatic heterocycles. The number of nitrogens with one attached hydrogen (secondary N) is 1. The second-order valence-corrected chi connectivity index (χ2v) is 3.58. The van der Waals surface area contributed by atoms with Crippen LogP contribution >= 0.6 is 22.0 Å². The highest BCUT2D eigenvalue weighted by atomic mass is 33.1. The van der Waals surface area contributed by atoms with E-state index in [0.29, 0.717) is 0 Å². The van der Waals surface area contributed by atoms with E-state index < -0.39 is 0 Å². The molecule has 0 aromatic carbocycles. The van der Waals surface area contributed by atoms with Gasteiger partial charge >= 0.3 is 0 Å². The molecule has 7 heavy (non-hydrogen) atoms. The minimum Gasteiger partial charge on any atom is -0.257 e. The molecule has 0 saturated carbocycles. The van der Waals surface area contributed by atoms with Gasteiger partial charge in [0.2, 0.25) is 0 Å². The highest BCUT2D eigenvalue weighted by Gasteiger charge is 1.84. The van der Waals surface area contributed by atoms with E-state index in [4.69, 9.17) is 0 Å². The number of nitrogens with zero attached hydrogens (tertiary/aromatic N) is 1. The molecule has 0 aliphatic heterocycles. The highest BCUT2D eigenvalue weighted by Crippen LogP contribution is 2.17. The number of rotatable bonds is 3. The molecule has 44 valence electrons. The summed E-state index contributed by atoms with van der Waals surface area (Å²) in [5, 5.41) is 0. The molecule has 0 saturated heterocycles. The Morgan fingerprint density at radius 3 is 2.14 bits per heavy atom. The van der Waals surface area contributed by atoms with Gasteiger partial charge in [-0.15, -0.1) is 0 Å². The van der Waals surface area contributed by atoms with Crippen molar-refractivity contribution in [3.8, 4) is 0 Å². The van der Waals surface area contributed by atoms with Gasteiger partial charge < -0.3 is 0 Å². The standard InChI is InChI=1S/C3H10N2S2/c1-4-6-7-5(2)3/h4H,1-3H3. The lowest BCUT2D eigenvalue weighted by Crippen LogP contribution is -1.99. The zero-order valence-electron chi connectivity index (χ0n) is 4.76. The second-order valence-electron chi connectivity index (χ2n) is 1.17. The van der Waals surface area contributed by atoms with Gasteiger partial charge in [-0.1, -0.05) is 0 Å². The second kappa shape index (κ2) is 4.77. The maximum atomic E-state index is 2.94. The minimum atomic E-state index is 1.61. The Morgan fingerprint density at radius 1 is 1.43 bits per heavy atom. The molecule has 1 N–H and O–H groups in total. The van der Waals surface area contributed by atoms with Crippen molar-refractivity contribution in [3.05, 3.63) is 0 Å². The van der Waals surface area contributed by atoms with Crippen molar-refractivity contribution in [1.82, 2.24) is 9.03 Å². The molecule has 2 nitrogen and oxygen atoms in total. The average Bonchev–Trinajstić information content (AvgIpc) is 1.61. The summed E-state index contributed by atoms with van der Waals surface area (Å²) in [6, 6.07) is 0. The maximum absolute atomic E-state index is 2.94. The SMILES string of the molecule is CNSSN(C)C. The van der Waals surface area contributed by atoms with Crippen LogP contribution in [0.2, 0.25) is 0 Å². The molecule has 0 radical (unpaired) electrons. The van der Waals surface area contributed by atoms with Crippen molar-refractivity contribution in [1.29, 1.82) is 0 Å². The van der Waals surface area contributed by atoms with E-state index in [1.54, 1.807) is 22.0 Å². The zero-order valence-corrected chi connectivity index (χ0v) is 6.40. The monoisotopic (exact) mass is 138 g/mol. The molecule has 0 amide bonds. The smallest absolute Gasteiger partial charge is 0.00761 e. The molecule has 0 aliphatic rings. The van der Waals surface area contributed by atoms with Gasteiger partial charge in [-0.2, -0.15) is 0 Å². The summed E-state index contributed by atoms with van der Waals surface area (Å²) in [7, 11) is 9.20. The molecule has 0 aliphatic carbocycles. The van der Waals surface area contributed by atoms with Crippen LogP contribution < -0.4 is 4.72 Å². The van der Waals surface area contributed by atoms with Gasteiger partial charge in [-0.3, -0.25) is 4.72 Å². The quantitative estimate of drug-likeness (QED) is 0.461. The molecular formula is C3H10N2S2. The summed E-state index contributed by atoms with van der Waals surface area (Å²) >= 11 is 0. The zero-order chi connectivity index (χ0) is 5.70. The van der Waals surface area contributed by atoms with Crippen LogP contribution in [0.15, 0.2) is 0 Å². The van der Waals surface area contributed by atoms with Crippen molar-refractivity contribution in [3.63, 3.8) is 0 Å². The van der Waals surface area contributed by atoms with Gasteiger partial charge in [0, 0.05) is 22.0 Å². The molecule has 0 bridgehead atoms. The van der Waals surface area contributed by atoms with Crippen LogP contribution in [0.1, 0.15) is 0 Å². The molecule has 0 rings (SSSR count). The number of hydrogen-bond donors (Lipinski definition) is 1. The first-order valence-corrected chi connectivity index (χ1v) is 4.05. The predicted octanol–water partition coefficient (Wildman–Crippen LogP) is 0.979. The Labute approximate surface area is 52.7 Å². The van der Waals surface area contributed by atoms with Gasteiger partial charge in [0.15, 0.2) is 0 Å². The third-order valence-electron chi connectivity index (χ3n) is 0.270. The first-order valence-electron chi connectivity index (χ1n) is 1.95. The van der Waals surface area contributed by atoms with E-state index in [9.17, 15) is 0 Å². The van der Waals surface area contributed by atoms with Crippen LogP contribution in [-0.4, -0.2) is 25.4 Å². The van der Waals surface area contributed by atoms with E-state index >= 15 is 0 Å². The van der Waals surface area contributed by atoms with Crippen LogP contribution in [-0.2, 0) is 0 Å². The van der Waals surface area contributed by atoms with E-state index in [0.717, 1.165) is 0 Å². The average molecular weight is 138 g/mol. The predicted molar refractivity (Wildman–Crippen MR) is 37.9 cm³/mol. The fourth-order valence-corrected chi connectivity index (χ4v) is 1.01. The van der Waals surface area contributed by atoms with Crippen molar-refractivity contribution in [2.24, 2.45) is 0 Å². The van der Waals surface area contributed by atoms with Crippen molar-refractivity contribution in [2.45, 2.75) is 0 Å². The first-order chi connectivity index (χ1) is 3.27. The normalized spacial score (nSPS) is 10.3. The lowest BCUT2D eigenvalue weighted by atomic mass is 11.3. The van der Waals surface area contributed by atoms with Crippen molar-refractivity contribution < 1.29 is 0 Å². The van der Waals surface area contributed by atoms with Crippen LogP contribution in [0.25, 0.3) is 0 Å². The van der Waals surface area contributed by atoms with E-state index in [2.05, 4.69) is 4.72 Å². The Hall–Kier alpha value is 0.620. The summed E-state index contributed by atoms with van der Waals surface area (Å²) < 4.78 is 4.97. The van der Waals surface area contributed by atoms with Crippen molar-refractivity contribution in [2.75, 3.05) is 21.1 Å². The molecule has 4 heteroatoms. The van der Waals surface area contributed by atoms with Gasteiger partial charge in [-0.25, -0.2) is 4.31 Å². The summed E-state index contributed by atoms with van der Waals surface area (Å²) in [6.45, 7) is 0. The summed E-state index contributed by atoms with van der Waals surface area (Å²) in [6.07, 6.45) is 0. The molecule has 0 unspecified atom stereocenters. The summed E-state index contributed by atoms with van der Waals surface area (Å²) in [5.41, 5.74) is 0. The Kier molecular flexibility index (Phi) is 5.19. The molecule has 0 heterocycles. The third kappa shape index (κ3) is 6.62. The molecule has 0 atom stereocenters. The van der Waals surface area contributed by atoms with Gasteiger partial charge in [-0.05, 0) is 21.1 Å². The Morgan fingerprint density at radius 2 is 2.00 bits per heavy atom. The van der Waals surface area contributed by atoms with Crippen LogP contribution in [0, 0.1) is 0 Å². The minimum absolute atomic E-state index is 1.61. The van der Waals surface area contributed by atoms with Crippen molar-refractivity contribution >= 4 is 22.0 Å². The highest BCUT2D eigenvalue weighted by molar-refractivity contribution is 8.75. The summed E-state index contributed by atoms with van der Waals surface area (Å²) in [4.78, 5) is 0. The third-order valence-corrected chi connectivity index (χ3v) is 2.43. The Balaban J connectivity index is 2.68. The largest absolute Gasteiger partial charge is 0.257 e. The fourth-order valence-electron chi connectivity index (χ4n) is 0.112. The van der Waals surface area contributed by atoms with E-state index in [-0.39, 0.29) is 0 Å². The van der Waals surface area contributed by atoms with E-state index in [1.165, 1.54) is 0 Å². The number of hydrogen-bond acceptors (Lipinski definition) is 4. The van der Waals surface area contributed by atoms with Gasteiger partial charge in [0.25, 0.3) is 0 Å². The fraction of sp³-hybridized carbons (Fsp3) is 1.00.